The molecule has 1 fully saturated rings. The average Bonchev–Trinajstić information content (AvgIpc) is 2.77. The van der Waals surface area contributed by atoms with Gasteiger partial charge in [0, 0.05) is 19.2 Å². The molecule has 4 heteroatoms. The number of hydrogen-bond donors (Lipinski definition) is 1. The first-order valence-electron chi connectivity index (χ1n) is 6.27. The molecule has 0 bridgehead atoms. The first kappa shape index (κ1) is 12.9. The monoisotopic (exact) mass is 251 g/mol. The molecule has 1 aromatic rings. The van der Waals surface area contributed by atoms with E-state index in [1.807, 2.05) is 0 Å². The fourth-order valence-electron chi connectivity index (χ4n) is 2.36. The predicted octanol–water partition coefficient (Wildman–Crippen LogP) is 2.65. The topological polar surface area (TPSA) is 40.5 Å². The van der Waals surface area contributed by atoms with Gasteiger partial charge in [-0.3, -0.25) is 4.79 Å². The van der Waals surface area contributed by atoms with Crippen molar-refractivity contribution < 1.29 is 14.3 Å². The molecule has 0 aromatic heterocycles. The quantitative estimate of drug-likeness (QED) is 0.877. The van der Waals surface area contributed by atoms with Crippen LogP contribution in [-0.2, 0) is 0 Å². The average molecular weight is 251 g/mol. The summed E-state index contributed by atoms with van der Waals surface area (Å²) in [4.78, 5) is 13.8. The summed E-state index contributed by atoms with van der Waals surface area (Å²) in [5.41, 5.74) is 0.0391. The Kier molecular flexibility index (Phi) is 3.55. The molecule has 0 saturated carbocycles. The zero-order chi connectivity index (χ0) is 13.3. The second kappa shape index (κ2) is 4.96. The number of amides is 1. The normalized spacial score (nSPS) is 19.6. The van der Waals surface area contributed by atoms with Crippen molar-refractivity contribution in [1.82, 2.24) is 4.90 Å². The Hall–Kier alpha value is -1.58. The summed E-state index contributed by atoms with van der Waals surface area (Å²) < 4.78 is 13.6. The Morgan fingerprint density at radius 1 is 1.50 bits per heavy atom. The summed E-state index contributed by atoms with van der Waals surface area (Å²) in [5, 5.41) is 9.13. The van der Waals surface area contributed by atoms with Gasteiger partial charge in [-0.2, -0.15) is 0 Å². The molecule has 0 radical (unpaired) electrons. The van der Waals surface area contributed by atoms with Gasteiger partial charge in [-0.05, 0) is 30.4 Å². The number of benzene rings is 1. The van der Waals surface area contributed by atoms with E-state index in [4.69, 9.17) is 5.11 Å². The molecular weight excluding hydrogens is 233 g/mol. The van der Waals surface area contributed by atoms with Crippen molar-refractivity contribution in [3.8, 4) is 5.75 Å². The summed E-state index contributed by atoms with van der Waals surface area (Å²) in [6.45, 7) is 5.65. The highest BCUT2D eigenvalue weighted by Crippen LogP contribution is 2.26. The molecule has 1 aromatic carbocycles. The maximum Gasteiger partial charge on any atom is 0.256 e. The van der Waals surface area contributed by atoms with Crippen LogP contribution in [0.25, 0.3) is 0 Å². The lowest BCUT2D eigenvalue weighted by Crippen LogP contribution is -2.30. The van der Waals surface area contributed by atoms with Crippen LogP contribution in [0, 0.1) is 17.7 Å². The van der Waals surface area contributed by atoms with Crippen molar-refractivity contribution in [2.75, 3.05) is 13.1 Å². The van der Waals surface area contributed by atoms with Crippen LogP contribution in [-0.4, -0.2) is 29.0 Å². The minimum atomic E-state index is -0.659. The van der Waals surface area contributed by atoms with Crippen LogP contribution >= 0.6 is 0 Å². The molecule has 18 heavy (non-hydrogen) atoms. The van der Waals surface area contributed by atoms with E-state index in [1.54, 1.807) is 4.90 Å². The first-order valence-corrected chi connectivity index (χ1v) is 6.27. The number of nitrogens with zero attached hydrogens (tertiary/aromatic N) is 1. The summed E-state index contributed by atoms with van der Waals surface area (Å²) in [5.74, 6) is -0.0734. The largest absolute Gasteiger partial charge is 0.508 e. The molecule has 1 aliphatic heterocycles. The number of aromatic hydroxyl groups is 1. The van der Waals surface area contributed by atoms with Crippen molar-refractivity contribution in [2.45, 2.75) is 20.3 Å². The Morgan fingerprint density at radius 3 is 2.78 bits per heavy atom. The van der Waals surface area contributed by atoms with Gasteiger partial charge in [-0.15, -0.1) is 0 Å². The number of carbonyl (C=O) groups is 1. The molecule has 1 atom stereocenters. The second-order valence-corrected chi connectivity index (χ2v) is 5.21. The minimum Gasteiger partial charge on any atom is -0.508 e. The van der Waals surface area contributed by atoms with Gasteiger partial charge in [0.05, 0.1) is 5.56 Å². The van der Waals surface area contributed by atoms with Crippen molar-refractivity contribution >= 4 is 5.91 Å². The van der Waals surface area contributed by atoms with Crippen LogP contribution in [0.15, 0.2) is 18.2 Å². The van der Waals surface area contributed by atoms with Gasteiger partial charge >= 0.3 is 0 Å². The number of rotatable bonds is 2. The van der Waals surface area contributed by atoms with Crippen LogP contribution < -0.4 is 0 Å². The molecule has 2 rings (SSSR count). The summed E-state index contributed by atoms with van der Waals surface area (Å²) >= 11 is 0. The van der Waals surface area contributed by atoms with Crippen molar-refractivity contribution in [3.63, 3.8) is 0 Å². The van der Waals surface area contributed by atoms with Crippen molar-refractivity contribution in [3.05, 3.63) is 29.6 Å². The highest BCUT2D eigenvalue weighted by Gasteiger charge is 2.29. The van der Waals surface area contributed by atoms with E-state index in [9.17, 15) is 9.18 Å². The van der Waals surface area contributed by atoms with Crippen LogP contribution in [0.2, 0.25) is 0 Å². The number of carbonyl (C=O) groups excluding carboxylic acids is 1. The van der Waals surface area contributed by atoms with Crippen LogP contribution in [0.3, 0.4) is 0 Å². The highest BCUT2D eigenvalue weighted by atomic mass is 19.1. The Bertz CT molecular complexity index is 459. The third-order valence-corrected chi connectivity index (χ3v) is 3.64. The number of phenolic OH excluding ortho intramolecular Hbond substituents is 1. The maximum atomic E-state index is 13.6. The molecule has 1 heterocycles. The van der Waals surface area contributed by atoms with E-state index in [-0.39, 0.29) is 17.2 Å². The second-order valence-electron chi connectivity index (χ2n) is 5.21. The van der Waals surface area contributed by atoms with E-state index in [0.717, 1.165) is 12.5 Å². The van der Waals surface area contributed by atoms with Gasteiger partial charge in [0.25, 0.3) is 5.91 Å². The van der Waals surface area contributed by atoms with E-state index < -0.39 is 5.82 Å². The zero-order valence-electron chi connectivity index (χ0n) is 10.7. The van der Waals surface area contributed by atoms with E-state index in [0.29, 0.717) is 24.9 Å². The summed E-state index contributed by atoms with van der Waals surface area (Å²) in [6.07, 6.45) is 0.975. The lowest BCUT2D eigenvalue weighted by atomic mass is 9.95. The first-order chi connectivity index (χ1) is 8.49. The minimum absolute atomic E-state index is 0.0391. The molecule has 98 valence electrons. The van der Waals surface area contributed by atoms with Gasteiger partial charge in [-0.25, -0.2) is 4.39 Å². The van der Waals surface area contributed by atoms with Crippen molar-refractivity contribution in [2.24, 2.45) is 11.8 Å². The van der Waals surface area contributed by atoms with Gasteiger partial charge in [-0.1, -0.05) is 13.8 Å². The number of hydrogen-bond acceptors (Lipinski definition) is 2. The van der Waals surface area contributed by atoms with Crippen molar-refractivity contribution in [1.29, 1.82) is 0 Å². The molecule has 3 nitrogen and oxygen atoms in total. The van der Waals surface area contributed by atoms with Gasteiger partial charge < -0.3 is 10.0 Å². The van der Waals surface area contributed by atoms with Crippen LogP contribution in [0.4, 0.5) is 4.39 Å². The zero-order valence-corrected chi connectivity index (χ0v) is 10.7. The third kappa shape index (κ3) is 2.47. The van der Waals surface area contributed by atoms with E-state index in [2.05, 4.69) is 13.8 Å². The Morgan fingerprint density at radius 2 is 2.22 bits per heavy atom. The Labute approximate surface area is 106 Å². The number of phenols is 1. The molecular formula is C14H18FNO2. The smallest absolute Gasteiger partial charge is 0.256 e. The third-order valence-electron chi connectivity index (χ3n) is 3.64. The lowest BCUT2D eigenvalue weighted by Gasteiger charge is -2.18. The fraction of sp³-hybridized carbons (Fsp3) is 0.500. The van der Waals surface area contributed by atoms with Gasteiger partial charge in [0.15, 0.2) is 0 Å². The lowest BCUT2D eigenvalue weighted by molar-refractivity contribution is 0.0779. The van der Waals surface area contributed by atoms with Crippen LogP contribution in [0.5, 0.6) is 5.75 Å². The fourth-order valence-corrected chi connectivity index (χ4v) is 2.36. The highest BCUT2D eigenvalue weighted by molar-refractivity contribution is 5.94. The SMILES string of the molecule is CC(C)C1CCN(C(=O)c2ccc(O)cc2F)C1. The predicted molar refractivity (Wildman–Crippen MR) is 66.9 cm³/mol. The van der Waals surface area contributed by atoms with Gasteiger partial charge in [0.1, 0.15) is 11.6 Å². The molecule has 1 saturated heterocycles. The molecule has 0 spiro atoms. The maximum absolute atomic E-state index is 13.6. The summed E-state index contributed by atoms with van der Waals surface area (Å²) in [6, 6.07) is 3.66. The van der Waals surface area contributed by atoms with Crippen LogP contribution in [0.1, 0.15) is 30.6 Å². The van der Waals surface area contributed by atoms with E-state index in [1.165, 1.54) is 12.1 Å². The molecule has 0 aliphatic carbocycles. The Balaban J connectivity index is 2.13. The number of likely N-dealkylation sites (tertiary alicyclic amines) is 1. The van der Waals surface area contributed by atoms with E-state index >= 15 is 0 Å². The van der Waals surface area contributed by atoms with Gasteiger partial charge in [0.2, 0.25) is 0 Å². The molecule has 1 unspecified atom stereocenters. The molecule has 1 aliphatic rings. The standard InChI is InChI=1S/C14H18FNO2/c1-9(2)10-5-6-16(8-10)14(18)12-4-3-11(17)7-13(12)15/h3-4,7,9-10,17H,5-6,8H2,1-2H3. The molecule has 1 N–H and O–H groups in total. The number of halogens is 1. The molecule has 1 amide bonds. The summed E-state index contributed by atoms with van der Waals surface area (Å²) in [7, 11) is 0.